The predicted octanol–water partition coefficient (Wildman–Crippen LogP) is 1.74. The van der Waals surface area contributed by atoms with Crippen molar-refractivity contribution in [2.45, 2.75) is 6.42 Å². The summed E-state index contributed by atoms with van der Waals surface area (Å²) in [6, 6.07) is 5.69. The van der Waals surface area contributed by atoms with E-state index in [1.165, 1.54) is 6.33 Å². The van der Waals surface area contributed by atoms with Gasteiger partial charge in [-0.2, -0.15) is 0 Å². The Morgan fingerprint density at radius 2 is 2.26 bits per heavy atom. The summed E-state index contributed by atoms with van der Waals surface area (Å²) in [5.74, 6) is 0.607. The SMILES string of the molecule is O=C1CC(CO)CN1c1ncnc2ccc(Br)cc12. The molecule has 6 heteroatoms. The number of rotatable bonds is 2. The number of aliphatic hydroxyl groups excluding tert-OH is 1. The number of fused-ring (bicyclic) bond motifs is 1. The van der Waals surface area contributed by atoms with Crippen molar-refractivity contribution in [1.82, 2.24) is 9.97 Å². The molecule has 1 aliphatic heterocycles. The first-order chi connectivity index (χ1) is 9.19. The molecular weight excluding hydrogens is 310 g/mol. The Morgan fingerprint density at radius 3 is 3.00 bits per heavy atom. The second-order valence-corrected chi connectivity index (χ2v) is 5.53. The summed E-state index contributed by atoms with van der Waals surface area (Å²) in [6.07, 6.45) is 1.83. The molecule has 1 aromatic heterocycles. The second-order valence-electron chi connectivity index (χ2n) is 4.62. The molecule has 5 nitrogen and oxygen atoms in total. The van der Waals surface area contributed by atoms with Gasteiger partial charge in [0.15, 0.2) is 0 Å². The molecule has 0 radical (unpaired) electrons. The Morgan fingerprint density at radius 1 is 1.42 bits per heavy atom. The zero-order chi connectivity index (χ0) is 13.4. The number of nitrogens with zero attached hydrogens (tertiary/aromatic N) is 3. The van der Waals surface area contributed by atoms with Crippen molar-refractivity contribution in [2.75, 3.05) is 18.1 Å². The average Bonchev–Trinajstić information content (AvgIpc) is 2.79. The first-order valence-corrected chi connectivity index (χ1v) is 6.80. The number of hydrogen-bond acceptors (Lipinski definition) is 4. The Hall–Kier alpha value is -1.53. The van der Waals surface area contributed by atoms with E-state index in [0.717, 1.165) is 15.4 Å². The van der Waals surface area contributed by atoms with E-state index in [1.807, 2.05) is 18.2 Å². The number of anilines is 1. The Bertz CT molecular complexity index is 647. The average molecular weight is 322 g/mol. The number of amides is 1. The molecule has 2 aromatic rings. The summed E-state index contributed by atoms with van der Waals surface area (Å²) in [7, 11) is 0. The minimum atomic E-state index is -0.00957. The number of aliphatic hydroxyl groups is 1. The van der Waals surface area contributed by atoms with Crippen LogP contribution in [0.2, 0.25) is 0 Å². The van der Waals surface area contributed by atoms with Crippen LogP contribution in [0.15, 0.2) is 29.0 Å². The highest BCUT2D eigenvalue weighted by molar-refractivity contribution is 9.10. The molecule has 19 heavy (non-hydrogen) atoms. The van der Waals surface area contributed by atoms with Gasteiger partial charge in [-0.3, -0.25) is 9.69 Å². The Kier molecular flexibility index (Phi) is 3.20. The molecule has 98 valence electrons. The summed E-state index contributed by atoms with van der Waals surface area (Å²) >= 11 is 3.42. The molecule has 0 aliphatic carbocycles. The third kappa shape index (κ3) is 2.21. The van der Waals surface area contributed by atoms with Gasteiger partial charge in [0, 0.05) is 35.3 Å². The van der Waals surface area contributed by atoms with Gasteiger partial charge in [-0.25, -0.2) is 9.97 Å². The molecule has 0 spiro atoms. The molecule has 3 rings (SSSR count). The fraction of sp³-hybridized carbons (Fsp3) is 0.308. The van der Waals surface area contributed by atoms with Gasteiger partial charge in [0.1, 0.15) is 12.1 Å². The lowest BCUT2D eigenvalue weighted by atomic mass is 10.1. The van der Waals surface area contributed by atoms with E-state index in [0.29, 0.717) is 18.8 Å². The highest BCUT2D eigenvalue weighted by Gasteiger charge is 2.31. The van der Waals surface area contributed by atoms with E-state index < -0.39 is 0 Å². The van der Waals surface area contributed by atoms with Crippen LogP contribution < -0.4 is 4.90 Å². The van der Waals surface area contributed by atoms with Crippen molar-refractivity contribution in [1.29, 1.82) is 0 Å². The molecule has 0 bridgehead atoms. The third-order valence-electron chi connectivity index (χ3n) is 3.30. The molecular formula is C13H12BrN3O2. The van der Waals surface area contributed by atoms with E-state index in [-0.39, 0.29) is 18.4 Å². The van der Waals surface area contributed by atoms with Crippen molar-refractivity contribution < 1.29 is 9.90 Å². The van der Waals surface area contributed by atoms with Gasteiger partial charge in [0.2, 0.25) is 5.91 Å². The maximum atomic E-state index is 12.0. The maximum Gasteiger partial charge on any atom is 0.228 e. The van der Waals surface area contributed by atoms with Gasteiger partial charge < -0.3 is 5.11 Å². The van der Waals surface area contributed by atoms with Gasteiger partial charge in [-0.1, -0.05) is 15.9 Å². The minimum absolute atomic E-state index is 0.000902. The molecule has 0 saturated carbocycles. The second kappa shape index (κ2) is 4.86. The topological polar surface area (TPSA) is 66.3 Å². The third-order valence-corrected chi connectivity index (χ3v) is 3.79. The van der Waals surface area contributed by atoms with E-state index in [2.05, 4.69) is 25.9 Å². The number of aromatic nitrogens is 2. The number of hydrogen-bond donors (Lipinski definition) is 1. The lowest BCUT2D eigenvalue weighted by Gasteiger charge is -2.17. The summed E-state index contributed by atoms with van der Waals surface area (Å²) in [5, 5.41) is 10.0. The molecule has 1 atom stereocenters. The van der Waals surface area contributed by atoms with E-state index in [4.69, 9.17) is 0 Å². The van der Waals surface area contributed by atoms with Crippen molar-refractivity contribution in [3.63, 3.8) is 0 Å². The van der Waals surface area contributed by atoms with Crippen LogP contribution in [0.3, 0.4) is 0 Å². The van der Waals surface area contributed by atoms with Crippen LogP contribution in [-0.4, -0.2) is 34.1 Å². The minimum Gasteiger partial charge on any atom is -0.396 e. The Labute approximate surface area is 118 Å². The summed E-state index contributed by atoms with van der Waals surface area (Å²) in [6.45, 7) is 0.531. The van der Waals surface area contributed by atoms with E-state index in [9.17, 15) is 9.90 Å². The van der Waals surface area contributed by atoms with Gasteiger partial charge >= 0.3 is 0 Å². The van der Waals surface area contributed by atoms with Gasteiger partial charge in [-0.15, -0.1) is 0 Å². The fourth-order valence-corrected chi connectivity index (χ4v) is 2.70. The standard InChI is InChI=1S/C13H12BrN3O2/c14-9-1-2-11-10(4-9)13(16-7-15-11)17-5-8(6-18)3-12(17)19/h1-2,4,7-8,18H,3,5-6H2. The lowest BCUT2D eigenvalue weighted by Crippen LogP contribution is -2.26. The summed E-state index contributed by atoms with van der Waals surface area (Å²) in [5.41, 5.74) is 0.799. The zero-order valence-electron chi connectivity index (χ0n) is 10.1. The van der Waals surface area contributed by atoms with E-state index in [1.54, 1.807) is 4.90 Å². The van der Waals surface area contributed by atoms with E-state index >= 15 is 0 Å². The van der Waals surface area contributed by atoms with Crippen LogP contribution in [-0.2, 0) is 4.79 Å². The smallest absolute Gasteiger partial charge is 0.228 e. The van der Waals surface area contributed by atoms with Crippen LogP contribution in [0.4, 0.5) is 5.82 Å². The van der Waals surface area contributed by atoms with Gasteiger partial charge in [0.05, 0.1) is 5.52 Å². The van der Waals surface area contributed by atoms with Crippen molar-refractivity contribution in [2.24, 2.45) is 5.92 Å². The van der Waals surface area contributed by atoms with Gasteiger partial charge in [-0.05, 0) is 18.2 Å². The van der Waals surface area contributed by atoms with Crippen LogP contribution in [0.1, 0.15) is 6.42 Å². The number of benzene rings is 1. The molecule has 1 aliphatic rings. The molecule has 2 heterocycles. The maximum absolute atomic E-state index is 12.0. The highest BCUT2D eigenvalue weighted by atomic mass is 79.9. The van der Waals surface area contributed by atoms with Crippen molar-refractivity contribution >= 4 is 38.6 Å². The number of carbonyl (C=O) groups excluding carboxylic acids is 1. The molecule has 1 saturated heterocycles. The predicted molar refractivity (Wildman–Crippen MR) is 74.8 cm³/mol. The normalized spacial score (nSPS) is 19.4. The van der Waals surface area contributed by atoms with Crippen LogP contribution in [0.5, 0.6) is 0 Å². The quantitative estimate of drug-likeness (QED) is 0.915. The monoisotopic (exact) mass is 321 g/mol. The van der Waals surface area contributed by atoms with Gasteiger partial charge in [0.25, 0.3) is 0 Å². The van der Waals surface area contributed by atoms with Crippen LogP contribution in [0.25, 0.3) is 10.9 Å². The Balaban J connectivity index is 2.10. The zero-order valence-corrected chi connectivity index (χ0v) is 11.7. The first-order valence-electron chi connectivity index (χ1n) is 6.00. The molecule has 1 fully saturated rings. The lowest BCUT2D eigenvalue weighted by molar-refractivity contribution is -0.117. The summed E-state index contributed by atoms with van der Waals surface area (Å²) < 4.78 is 0.918. The van der Waals surface area contributed by atoms with Crippen LogP contribution in [0, 0.1) is 5.92 Å². The first kappa shape index (κ1) is 12.5. The number of halogens is 1. The summed E-state index contributed by atoms with van der Waals surface area (Å²) in [4.78, 5) is 22.1. The molecule has 1 N–H and O–H groups in total. The highest BCUT2D eigenvalue weighted by Crippen LogP contribution is 2.30. The fourth-order valence-electron chi connectivity index (χ4n) is 2.34. The largest absolute Gasteiger partial charge is 0.396 e. The molecule has 1 aromatic carbocycles. The molecule has 1 amide bonds. The van der Waals surface area contributed by atoms with Crippen molar-refractivity contribution in [3.05, 3.63) is 29.0 Å². The van der Waals surface area contributed by atoms with Crippen LogP contribution >= 0.6 is 15.9 Å². The molecule has 1 unspecified atom stereocenters. The number of carbonyl (C=O) groups is 1. The van der Waals surface area contributed by atoms with Crippen molar-refractivity contribution in [3.8, 4) is 0 Å².